The van der Waals surface area contributed by atoms with Gasteiger partial charge in [-0.05, 0) is 41.3 Å². The first-order valence-electron chi connectivity index (χ1n) is 8.51. The van der Waals surface area contributed by atoms with Gasteiger partial charge in [0.15, 0.2) is 5.82 Å². The second-order valence-corrected chi connectivity index (χ2v) is 9.44. The van der Waals surface area contributed by atoms with Crippen molar-refractivity contribution in [3.05, 3.63) is 64.7 Å². The predicted octanol–water partition coefficient (Wildman–Crippen LogP) is 4.08. The van der Waals surface area contributed by atoms with E-state index in [9.17, 15) is 12.8 Å². The highest BCUT2D eigenvalue weighted by atomic mass is 35.5. The maximum atomic E-state index is 13.3. The van der Waals surface area contributed by atoms with Gasteiger partial charge in [-0.3, -0.25) is 0 Å². The lowest BCUT2D eigenvalue weighted by atomic mass is 10.0. The van der Waals surface area contributed by atoms with Gasteiger partial charge < -0.3 is 4.52 Å². The van der Waals surface area contributed by atoms with E-state index >= 15 is 0 Å². The number of aromatic nitrogens is 2. The summed E-state index contributed by atoms with van der Waals surface area (Å²) in [6.45, 7) is 4.16. The van der Waals surface area contributed by atoms with E-state index in [1.165, 1.54) is 30.3 Å². The fourth-order valence-electron chi connectivity index (χ4n) is 3.74. The van der Waals surface area contributed by atoms with Crippen molar-refractivity contribution in [3.63, 3.8) is 0 Å². The summed E-state index contributed by atoms with van der Waals surface area (Å²) in [5, 5.41) is 9.44. The number of benzene rings is 2. The number of nitrogens with zero attached hydrogens (tertiary/aromatic N) is 2. The monoisotopic (exact) mass is 421 g/mol. The van der Waals surface area contributed by atoms with E-state index in [1.54, 1.807) is 12.1 Å². The van der Waals surface area contributed by atoms with Gasteiger partial charge in [-0.2, -0.15) is 4.98 Å². The maximum Gasteiger partial charge on any atom is 0.259 e. The number of hydrogen-bond acceptors (Lipinski definition) is 5. The molecule has 1 fully saturated rings. The van der Waals surface area contributed by atoms with Crippen LogP contribution in [0.1, 0.15) is 37.1 Å². The van der Waals surface area contributed by atoms with E-state index in [2.05, 4.69) is 24.0 Å². The molecule has 1 aromatic heterocycles. The van der Waals surface area contributed by atoms with Gasteiger partial charge in [0.05, 0.1) is 15.5 Å². The smallest absolute Gasteiger partial charge is 0.259 e. The van der Waals surface area contributed by atoms with Crippen LogP contribution in [0.3, 0.4) is 0 Å². The molecule has 9 heteroatoms. The third-order valence-corrected chi connectivity index (χ3v) is 6.52. The Kier molecular flexibility index (Phi) is 4.33. The Morgan fingerprint density at radius 3 is 2.43 bits per heavy atom. The van der Waals surface area contributed by atoms with E-state index in [0.29, 0.717) is 11.4 Å². The molecule has 146 valence electrons. The second-order valence-electron chi connectivity index (χ2n) is 7.47. The molecule has 0 radical (unpaired) electrons. The first kappa shape index (κ1) is 19.0. The normalized spacial score (nSPS) is 20.9. The van der Waals surface area contributed by atoms with Crippen molar-refractivity contribution in [3.8, 4) is 11.5 Å². The number of sulfonamides is 1. The van der Waals surface area contributed by atoms with Gasteiger partial charge >= 0.3 is 0 Å². The van der Waals surface area contributed by atoms with Crippen LogP contribution in [0.15, 0.2) is 51.9 Å². The molecule has 0 bridgehead atoms. The number of nitrogens with two attached hydrogens (primary N) is 1. The molecule has 3 aromatic rings. The van der Waals surface area contributed by atoms with Gasteiger partial charge in [-0.25, -0.2) is 17.9 Å². The molecule has 0 spiro atoms. The van der Waals surface area contributed by atoms with Crippen LogP contribution in [0.25, 0.3) is 11.5 Å². The summed E-state index contributed by atoms with van der Waals surface area (Å²) >= 11 is 6.07. The van der Waals surface area contributed by atoms with Gasteiger partial charge in [0, 0.05) is 11.8 Å². The van der Waals surface area contributed by atoms with Crippen LogP contribution < -0.4 is 5.14 Å². The predicted molar refractivity (Wildman–Crippen MR) is 102 cm³/mol. The highest BCUT2D eigenvalue weighted by Gasteiger charge is 2.61. The molecule has 0 unspecified atom stereocenters. The molecule has 1 heterocycles. The van der Waals surface area contributed by atoms with Crippen molar-refractivity contribution in [2.24, 2.45) is 10.6 Å². The largest absolute Gasteiger partial charge is 0.334 e. The van der Waals surface area contributed by atoms with E-state index in [1.807, 2.05) is 0 Å². The van der Waals surface area contributed by atoms with Gasteiger partial charge in [0.25, 0.3) is 5.89 Å². The van der Waals surface area contributed by atoms with Crippen molar-refractivity contribution in [1.82, 2.24) is 10.1 Å². The quantitative estimate of drug-likeness (QED) is 0.684. The van der Waals surface area contributed by atoms with Crippen LogP contribution in [0.2, 0.25) is 5.02 Å². The summed E-state index contributed by atoms with van der Waals surface area (Å²) < 4.78 is 41.5. The lowest BCUT2D eigenvalue weighted by Crippen LogP contribution is -2.11. The zero-order valence-electron chi connectivity index (χ0n) is 15.1. The average molecular weight is 422 g/mol. The van der Waals surface area contributed by atoms with Crippen molar-refractivity contribution in [2.75, 3.05) is 0 Å². The highest BCUT2D eigenvalue weighted by Crippen LogP contribution is 2.69. The Bertz CT molecular complexity index is 1160. The first-order valence-corrected chi connectivity index (χ1v) is 10.4. The molecule has 0 saturated heterocycles. The molecule has 0 amide bonds. The first-order chi connectivity index (χ1) is 13.1. The fourth-order valence-corrected chi connectivity index (χ4v) is 4.50. The zero-order valence-corrected chi connectivity index (χ0v) is 16.6. The Morgan fingerprint density at radius 1 is 1.14 bits per heavy atom. The van der Waals surface area contributed by atoms with Crippen LogP contribution in [-0.4, -0.2) is 18.6 Å². The molecule has 1 aliphatic rings. The minimum atomic E-state index is -3.73. The molecule has 4 rings (SSSR count). The summed E-state index contributed by atoms with van der Waals surface area (Å²) in [5.74, 6) is 0.396. The van der Waals surface area contributed by atoms with Gasteiger partial charge in [-0.1, -0.05) is 42.7 Å². The average Bonchev–Trinajstić information content (AvgIpc) is 2.95. The van der Waals surface area contributed by atoms with Crippen LogP contribution in [-0.2, 0) is 10.0 Å². The molecular weight excluding hydrogens is 405 g/mol. The summed E-state index contributed by atoms with van der Waals surface area (Å²) in [6, 6.07) is 10.5. The molecule has 2 N–H and O–H groups in total. The molecule has 28 heavy (non-hydrogen) atoms. The van der Waals surface area contributed by atoms with Crippen LogP contribution in [0.5, 0.6) is 0 Å². The summed E-state index contributed by atoms with van der Waals surface area (Å²) in [7, 11) is -3.73. The second kappa shape index (κ2) is 6.37. The number of rotatable bonds is 4. The maximum absolute atomic E-state index is 13.3. The van der Waals surface area contributed by atoms with Gasteiger partial charge in [-0.15, -0.1) is 0 Å². The van der Waals surface area contributed by atoms with Crippen LogP contribution in [0, 0.1) is 11.2 Å². The summed E-state index contributed by atoms with van der Waals surface area (Å²) in [6.07, 6.45) is 0. The van der Waals surface area contributed by atoms with Crippen LogP contribution in [0.4, 0.5) is 4.39 Å². The molecule has 6 nitrogen and oxygen atoms in total. The minimum Gasteiger partial charge on any atom is -0.334 e. The van der Waals surface area contributed by atoms with Crippen molar-refractivity contribution in [2.45, 2.75) is 30.6 Å². The summed E-state index contributed by atoms with van der Waals surface area (Å²) in [5.41, 5.74) is 1.29. The standard InChI is InChI=1S/C19H17ClFN3O3S/c1-19(2)15(10-3-6-12(7-4-10)28(22,25)26)16(19)17-23-18(27-24-17)13-8-5-11(21)9-14(13)20/h3-9,15-16H,1-2H3,(H2,22,25,26)/t15-,16+/m0/s1. The molecule has 2 atom stereocenters. The summed E-state index contributed by atoms with van der Waals surface area (Å²) in [4.78, 5) is 4.53. The molecule has 1 saturated carbocycles. The molecule has 2 aromatic carbocycles. The van der Waals surface area contributed by atoms with Crippen molar-refractivity contribution >= 4 is 21.6 Å². The molecule has 1 aliphatic carbocycles. The van der Waals surface area contributed by atoms with E-state index in [-0.39, 0.29) is 33.1 Å². The Morgan fingerprint density at radius 2 is 1.82 bits per heavy atom. The van der Waals surface area contributed by atoms with Crippen molar-refractivity contribution < 1.29 is 17.3 Å². The topological polar surface area (TPSA) is 99.1 Å². The SMILES string of the molecule is CC1(C)[C@@H](c2ccc(S(N)(=O)=O)cc2)[C@@H]1c1noc(-c2ccc(F)cc2Cl)n1. The molecular formula is C19H17ClFN3O3S. The van der Waals surface area contributed by atoms with E-state index < -0.39 is 15.8 Å². The van der Waals surface area contributed by atoms with Gasteiger partial charge in [0.2, 0.25) is 10.0 Å². The van der Waals surface area contributed by atoms with Crippen molar-refractivity contribution in [1.29, 1.82) is 0 Å². The Labute approximate surface area is 166 Å². The highest BCUT2D eigenvalue weighted by molar-refractivity contribution is 7.89. The Balaban J connectivity index is 1.63. The number of primary sulfonamides is 1. The van der Waals surface area contributed by atoms with E-state index in [0.717, 1.165) is 5.56 Å². The fraction of sp³-hybridized carbons (Fsp3) is 0.263. The van der Waals surface area contributed by atoms with E-state index in [4.69, 9.17) is 21.3 Å². The third kappa shape index (κ3) is 3.21. The lowest BCUT2D eigenvalue weighted by molar-refractivity contribution is 0.419. The third-order valence-electron chi connectivity index (χ3n) is 5.28. The number of hydrogen-bond donors (Lipinski definition) is 1. The zero-order chi connectivity index (χ0) is 20.3. The molecule has 0 aliphatic heterocycles. The Hall–Kier alpha value is -2.29. The minimum absolute atomic E-state index is 0.00967. The van der Waals surface area contributed by atoms with Gasteiger partial charge in [0.1, 0.15) is 5.82 Å². The lowest BCUT2D eigenvalue weighted by Gasteiger charge is -2.04. The number of halogens is 2. The van der Waals surface area contributed by atoms with Crippen LogP contribution >= 0.6 is 11.6 Å².